The lowest BCUT2D eigenvalue weighted by atomic mass is 9.83. The molecule has 0 aliphatic heterocycles. The molecule has 0 radical (unpaired) electrons. The zero-order valence-electron chi connectivity index (χ0n) is 23.6. The van der Waals surface area contributed by atoms with Crippen molar-refractivity contribution in [1.82, 2.24) is 10.6 Å². The average molecular weight is 569 g/mol. The minimum absolute atomic E-state index is 0.0593. The largest absolute Gasteiger partial charge is 0.480 e. The van der Waals surface area contributed by atoms with Crippen molar-refractivity contribution in [2.75, 3.05) is 6.61 Å². The highest BCUT2D eigenvalue weighted by Crippen LogP contribution is 2.49. The summed E-state index contributed by atoms with van der Waals surface area (Å²) in [5.41, 5.74) is 5.49. The van der Waals surface area contributed by atoms with Crippen LogP contribution in [0, 0.1) is 17.8 Å². The first kappa shape index (κ1) is 28.0. The van der Waals surface area contributed by atoms with Crippen molar-refractivity contribution in [3.8, 4) is 11.1 Å². The molecule has 2 bridgehead atoms. The summed E-state index contributed by atoms with van der Waals surface area (Å²) in [6, 6.07) is 24.2. The Hall–Kier alpha value is -4.17. The molecular weight excluding hydrogens is 532 g/mol. The first-order valence-electron chi connectivity index (χ1n) is 14.7. The molecule has 3 aliphatic rings. The van der Waals surface area contributed by atoms with Gasteiger partial charge in [0.25, 0.3) is 0 Å². The van der Waals surface area contributed by atoms with E-state index in [1.165, 1.54) is 0 Å². The predicted molar refractivity (Wildman–Crippen MR) is 157 cm³/mol. The summed E-state index contributed by atoms with van der Waals surface area (Å²) in [5.74, 6) is -1.87. The van der Waals surface area contributed by atoms with E-state index in [-0.39, 0.29) is 36.9 Å². The summed E-state index contributed by atoms with van der Waals surface area (Å²) < 4.78 is 11.6. The van der Waals surface area contributed by atoms with Gasteiger partial charge in [0.05, 0.1) is 18.6 Å². The van der Waals surface area contributed by atoms with Gasteiger partial charge in [-0.2, -0.15) is 0 Å². The van der Waals surface area contributed by atoms with Crippen LogP contribution in [0.3, 0.4) is 0 Å². The Morgan fingerprint density at radius 2 is 1.50 bits per heavy atom. The smallest absolute Gasteiger partial charge is 0.407 e. The third kappa shape index (κ3) is 5.51. The number of carbonyl (C=O) groups excluding carboxylic acids is 2. The van der Waals surface area contributed by atoms with Crippen LogP contribution >= 0.6 is 0 Å². The number of carbonyl (C=O) groups is 3. The molecule has 3 N–H and O–H groups in total. The van der Waals surface area contributed by atoms with E-state index in [0.717, 1.165) is 47.1 Å². The number of hydrogen-bond donors (Lipinski definition) is 3. The van der Waals surface area contributed by atoms with Crippen molar-refractivity contribution in [3.63, 3.8) is 0 Å². The zero-order valence-corrected chi connectivity index (χ0v) is 23.6. The molecule has 6 atom stereocenters. The van der Waals surface area contributed by atoms with E-state index in [1.54, 1.807) is 6.92 Å². The lowest BCUT2D eigenvalue weighted by Gasteiger charge is -2.32. The topological polar surface area (TPSA) is 114 Å². The Morgan fingerprint density at radius 1 is 0.881 bits per heavy atom. The maximum absolute atomic E-state index is 13.5. The van der Waals surface area contributed by atoms with Gasteiger partial charge in [-0.1, -0.05) is 78.9 Å². The van der Waals surface area contributed by atoms with Gasteiger partial charge in [0.15, 0.2) is 6.04 Å². The van der Waals surface area contributed by atoms with E-state index in [2.05, 4.69) is 34.9 Å². The first-order chi connectivity index (χ1) is 20.4. The number of nitrogens with one attached hydrogen (secondary N) is 2. The van der Waals surface area contributed by atoms with Gasteiger partial charge in [0.2, 0.25) is 5.91 Å². The van der Waals surface area contributed by atoms with Crippen LogP contribution < -0.4 is 10.6 Å². The molecule has 0 saturated heterocycles. The second kappa shape index (κ2) is 12.0. The van der Waals surface area contributed by atoms with Crippen LogP contribution in [0.4, 0.5) is 4.79 Å². The monoisotopic (exact) mass is 568 g/mol. The molecule has 3 aromatic rings. The molecule has 0 spiro atoms. The van der Waals surface area contributed by atoms with Gasteiger partial charge in [0.1, 0.15) is 6.61 Å². The highest BCUT2D eigenvalue weighted by molar-refractivity contribution is 5.87. The van der Waals surface area contributed by atoms with Crippen molar-refractivity contribution >= 4 is 18.0 Å². The highest BCUT2D eigenvalue weighted by atomic mass is 16.5. The van der Waals surface area contributed by atoms with E-state index in [4.69, 9.17) is 9.47 Å². The summed E-state index contributed by atoms with van der Waals surface area (Å²) >= 11 is 0. The molecule has 2 saturated carbocycles. The van der Waals surface area contributed by atoms with Crippen LogP contribution in [0.1, 0.15) is 48.8 Å². The molecule has 6 rings (SSSR count). The second-order valence-corrected chi connectivity index (χ2v) is 11.7. The van der Waals surface area contributed by atoms with E-state index in [1.807, 2.05) is 54.6 Å². The molecule has 8 heteroatoms. The highest BCUT2D eigenvalue weighted by Gasteiger charge is 2.52. The fraction of sp³-hybridized carbons (Fsp3) is 0.382. The summed E-state index contributed by atoms with van der Waals surface area (Å²) in [4.78, 5) is 38.8. The molecule has 3 aliphatic carbocycles. The third-order valence-corrected chi connectivity index (χ3v) is 9.24. The summed E-state index contributed by atoms with van der Waals surface area (Å²) in [5, 5.41) is 15.6. The third-order valence-electron chi connectivity index (χ3n) is 9.24. The SMILES string of the molecule is C[C@@H](OCc1ccccc1)[C@H](NC(=O)C1C2CCC(C2)C1NC(=O)OCC1c2ccccc2-c2ccccc21)C(=O)O. The zero-order chi connectivity index (χ0) is 29.2. The molecule has 2 amide bonds. The quantitative estimate of drug-likeness (QED) is 0.313. The summed E-state index contributed by atoms with van der Waals surface area (Å²) in [7, 11) is 0. The van der Waals surface area contributed by atoms with Crippen LogP contribution in [-0.2, 0) is 25.7 Å². The molecule has 0 heterocycles. The Bertz CT molecular complexity index is 1410. The second-order valence-electron chi connectivity index (χ2n) is 11.7. The fourth-order valence-electron chi connectivity index (χ4n) is 7.18. The van der Waals surface area contributed by atoms with Crippen molar-refractivity contribution in [1.29, 1.82) is 0 Å². The molecule has 218 valence electrons. The number of carboxylic acid groups (broad SMARTS) is 1. The average Bonchev–Trinajstić information content (AvgIpc) is 3.70. The number of carboxylic acids is 1. The number of hydrogen-bond acceptors (Lipinski definition) is 5. The fourth-order valence-corrected chi connectivity index (χ4v) is 7.18. The predicted octanol–water partition coefficient (Wildman–Crippen LogP) is 5.11. The maximum atomic E-state index is 13.5. The number of aliphatic carboxylic acids is 1. The number of benzene rings is 3. The number of alkyl carbamates (subject to hydrolysis) is 1. The molecule has 42 heavy (non-hydrogen) atoms. The van der Waals surface area contributed by atoms with Crippen molar-refractivity contribution in [3.05, 3.63) is 95.6 Å². The van der Waals surface area contributed by atoms with Crippen LogP contribution in [0.5, 0.6) is 0 Å². The van der Waals surface area contributed by atoms with Gasteiger partial charge in [-0.25, -0.2) is 9.59 Å². The van der Waals surface area contributed by atoms with Crippen LogP contribution in [0.15, 0.2) is 78.9 Å². The minimum Gasteiger partial charge on any atom is -0.480 e. The summed E-state index contributed by atoms with van der Waals surface area (Å²) in [6.45, 7) is 2.08. The van der Waals surface area contributed by atoms with Gasteiger partial charge in [-0.3, -0.25) is 4.79 Å². The van der Waals surface area contributed by atoms with Crippen molar-refractivity contribution in [2.45, 2.75) is 56.9 Å². The first-order valence-corrected chi connectivity index (χ1v) is 14.7. The number of rotatable bonds is 10. The van der Waals surface area contributed by atoms with Crippen molar-refractivity contribution < 1.29 is 29.0 Å². The Labute approximate surface area is 245 Å². The minimum atomic E-state index is -1.21. The molecule has 8 nitrogen and oxygen atoms in total. The van der Waals surface area contributed by atoms with Gasteiger partial charge < -0.3 is 25.2 Å². The Morgan fingerprint density at radius 3 is 2.17 bits per heavy atom. The molecular formula is C34H36N2O6. The van der Waals surface area contributed by atoms with Gasteiger partial charge >= 0.3 is 12.1 Å². The van der Waals surface area contributed by atoms with Crippen LogP contribution in [0.2, 0.25) is 0 Å². The standard InChI is InChI=1S/C34H36N2O6/c1-20(41-18-21-9-3-2-4-10-21)30(33(38)39)35-32(37)29-22-15-16-23(17-22)31(29)36-34(40)42-19-28-26-13-7-5-11-24(26)25-12-6-8-14-27(25)28/h2-14,20,22-23,28-31H,15-19H2,1H3,(H,35,37)(H,36,40)(H,38,39)/t20-,22?,23?,29?,30+,31?/m1/s1. The molecule has 3 aromatic carbocycles. The van der Waals surface area contributed by atoms with Crippen LogP contribution in [-0.4, -0.2) is 47.9 Å². The Kier molecular flexibility index (Phi) is 7.98. The molecule has 4 unspecified atom stereocenters. The van der Waals surface area contributed by atoms with Crippen LogP contribution in [0.25, 0.3) is 11.1 Å². The lowest BCUT2D eigenvalue weighted by Crippen LogP contribution is -2.55. The van der Waals surface area contributed by atoms with E-state index in [0.29, 0.717) is 0 Å². The van der Waals surface area contributed by atoms with E-state index in [9.17, 15) is 19.5 Å². The normalized spacial score (nSPS) is 23.5. The number of amides is 2. The van der Waals surface area contributed by atoms with Gasteiger partial charge in [-0.05, 0) is 65.8 Å². The number of fused-ring (bicyclic) bond motifs is 5. The molecule has 0 aromatic heterocycles. The van der Waals surface area contributed by atoms with E-state index < -0.39 is 36.2 Å². The van der Waals surface area contributed by atoms with Gasteiger partial charge in [0, 0.05) is 12.0 Å². The lowest BCUT2D eigenvalue weighted by molar-refractivity contribution is -0.147. The van der Waals surface area contributed by atoms with Crippen molar-refractivity contribution in [2.24, 2.45) is 17.8 Å². The molecule has 2 fully saturated rings. The number of ether oxygens (including phenoxy) is 2. The maximum Gasteiger partial charge on any atom is 0.407 e. The Balaban J connectivity index is 1.09. The van der Waals surface area contributed by atoms with Gasteiger partial charge in [-0.15, -0.1) is 0 Å². The van der Waals surface area contributed by atoms with E-state index >= 15 is 0 Å². The summed E-state index contributed by atoms with van der Waals surface area (Å²) in [6.07, 6.45) is 1.32.